The molecule has 182 valence electrons. The normalized spacial score (nSPS) is 13.4. The highest BCUT2D eigenvalue weighted by Crippen LogP contribution is 2.36. The first-order valence-electron chi connectivity index (χ1n) is 12.1. The summed E-state index contributed by atoms with van der Waals surface area (Å²) in [5.41, 5.74) is 6.37. The van der Waals surface area contributed by atoms with Gasteiger partial charge >= 0.3 is 0 Å². The number of carbonyl (C=O) groups is 2. The van der Waals surface area contributed by atoms with E-state index in [-0.39, 0.29) is 11.8 Å². The van der Waals surface area contributed by atoms with Crippen LogP contribution in [-0.2, 0) is 12.8 Å². The maximum Gasteiger partial charge on any atom is 0.273 e. The second-order valence-corrected chi connectivity index (χ2v) is 9.55. The fraction of sp³-hybridized carbons (Fsp3) is 0.385. The molecule has 2 amide bonds. The first kappa shape index (κ1) is 23.0. The summed E-state index contributed by atoms with van der Waals surface area (Å²) in [5.74, 6) is 0.133. The van der Waals surface area contributed by atoms with Crippen molar-refractivity contribution in [2.75, 3.05) is 32.5 Å². The van der Waals surface area contributed by atoms with Crippen molar-refractivity contribution in [2.24, 2.45) is 0 Å². The molecule has 0 aliphatic heterocycles. The summed E-state index contributed by atoms with van der Waals surface area (Å²) in [7, 11) is 3.91. The fourth-order valence-electron chi connectivity index (χ4n) is 5.12. The van der Waals surface area contributed by atoms with Crippen LogP contribution < -0.4 is 10.6 Å². The molecule has 3 heterocycles. The van der Waals surface area contributed by atoms with Gasteiger partial charge < -0.3 is 20.5 Å². The molecule has 9 heteroatoms. The Kier molecular flexibility index (Phi) is 6.02. The Bertz CT molecular complexity index is 1450. The average molecular weight is 474 g/mol. The van der Waals surface area contributed by atoms with Crippen LogP contribution in [0.1, 0.15) is 56.1 Å². The number of anilines is 1. The van der Waals surface area contributed by atoms with Crippen LogP contribution in [0.3, 0.4) is 0 Å². The molecule has 0 unspecified atom stereocenters. The Morgan fingerprint density at radius 2 is 1.86 bits per heavy atom. The predicted molar refractivity (Wildman–Crippen MR) is 137 cm³/mol. The van der Waals surface area contributed by atoms with Crippen molar-refractivity contribution in [2.45, 2.75) is 39.5 Å². The lowest BCUT2D eigenvalue weighted by Crippen LogP contribution is -2.31. The molecule has 1 aliphatic carbocycles. The van der Waals surface area contributed by atoms with E-state index < -0.39 is 0 Å². The van der Waals surface area contributed by atoms with Crippen molar-refractivity contribution in [3.63, 3.8) is 0 Å². The molecule has 1 aromatic carbocycles. The molecule has 0 atom stereocenters. The first-order valence-corrected chi connectivity index (χ1v) is 12.1. The number of fused-ring (bicyclic) bond motifs is 5. The fourth-order valence-corrected chi connectivity index (χ4v) is 5.12. The summed E-state index contributed by atoms with van der Waals surface area (Å²) in [6.07, 6.45) is 5.82. The van der Waals surface area contributed by atoms with Crippen LogP contribution >= 0.6 is 0 Å². The van der Waals surface area contributed by atoms with E-state index in [1.807, 2.05) is 44.2 Å². The van der Waals surface area contributed by atoms with E-state index in [1.54, 1.807) is 6.92 Å². The highest BCUT2D eigenvalue weighted by Gasteiger charge is 2.25. The number of aromatic nitrogens is 4. The average Bonchev–Trinajstić information content (AvgIpc) is 3.42. The Balaban J connectivity index is 1.48. The summed E-state index contributed by atoms with van der Waals surface area (Å²) >= 11 is 0. The van der Waals surface area contributed by atoms with E-state index in [4.69, 9.17) is 4.98 Å². The molecule has 4 aromatic rings. The molecule has 0 bridgehead atoms. The number of likely N-dealkylation sites (N-methyl/N-ethyl adjacent to an activating group) is 1. The number of amides is 2. The lowest BCUT2D eigenvalue weighted by atomic mass is 9.88. The molecule has 9 nitrogen and oxygen atoms in total. The van der Waals surface area contributed by atoms with Gasteiger partial charge in [-0.2, -0.15) is 5.10 Å². The van der Waals surface area contributed by atoms with Crippen molar-refractivity contribution in [1.29, 1.82) is 0 Å². The molecule has 0 fully saturated rings. The zero-order valence-corrected chi connectivity index (χ0v) is 20.6. The van der Waals surface area contributed by atoms with Crippen molar-refractivity contribution in [3.05, 3.63) is 52.0 Å². The molecule has 3 aromatic heterocycles. The first-order chi connectivity index (χ1) is 16.8. The van der Waals surface area contributed by atoms with Gasteiger partial charge in [-0.05, 0) is 82.4 Å². The molecule has 0 saturated carbocycles. The third-order valence-corrected chi connectivity index (χ3v) is 6.86. The number of nitrogens with zero attached hydrogens (tertiary/aromatic N) is 3. The molecule has 5 rings (SSSR count). The van der Waals surface area contributed by atoms with Crippen LogP contribution in [0.4, 0.5) is 5.82 Å². The van der Waals surface area contributed by atoms with Crippen LogP contribution in [0.2, 0.25) is 0 Å². The molecule has 4 N–H and O–H groups in total. The van der Waals surface area contributed by atoms with E-state index in [0.717, 1.165) is 59.6 Å². The zero-order valence-electron chi connectivity index (χ0n) is 20.6. The summed E-state index contributed by atoms with van der Waals surface area (Å²) in [6, 6.07) is 3.94. The maximum atomic E-state index is 13.4. The van der Waals surface area contributed by atoms with E-state index in [0.29, 0.717) is 34.9 Å². The Labute approximate surface area is 203 Å². The number of pyridine rings is 1. The number of hydrogen-bond acceptors (Lipinski definition) is 5. The second kappa shape index (κ2) is 9.14. The van der Waals surface area contributed by atoms with Crippen molar-refractivity contribution in [3.8, 4) is 0 Å². The van der Waals surface area contributed by atoms with Gasteiger partial charge in [-0.25, -0.2) is 4.98 Å². The van der Waals surface area contributed by atoms with Crippen LogP contribution in [0, 0.1) is 13.8 Å². The number of H-pyrrole nitrogens is 2. The minimum absolute atomic E-state index is 0.178. The lowest BCUT2D eigenvalue weighted by Gasteiger charge is -2.21. The van der Waals surface area contributed by atoms with Gasteiger partial charge in [0.05, 0.1) is 22.8 Å². The topological polar surface area (TPSA) is 119 Å². The summed E-state index contributed by atoms with van der Waals surface area (Å²) in [4.78, 5) is 36.2. The van der Waals surface area contributed by atoms with Crippen LogP contribution in [0.25, 0.3) is 21.8 Å². The monoisotopic (exact) mass is 473 g/mol. The minimum Gasteiger partial charge on any atom is -0.354 e. The molecule has 0 spiro atoms. The van der Waals surface area contributed by atoms with Crippen molar-refractivity contribution in [1.82, 2.24) is 30.4 Å². The number of hydrogen-bond donors (Lipinski definition) is 4. The van der Waals surface area contributed by atoms with Gasteiger partial charge in [-0.1, -0.05) is 0 Å². The predicted octanol–water partition coefficient (Wildman–Crippen LogP) is 3.48. The summed E-state index contributed by atoms with van der Waals surface area (Å²) in [5, 5.41) is 15.4. The third kappa shape index (κ3) is 4.16. The van der Waals surface area contributed by atoms with Gasteiger partial charge in [0.2, 0.25) is 0 Å². The second-order valence-electron chi connectivity index (χ2n) is 9.55. The molecule has 0 saturated heterocycles. The molecular weight excluding hydrogens is 442 g/mol. The van der Waals surface area contributed by atoms with Crippen LogP contribution in [-0.4, -0.2) is 64.1 Å². The van der Waals surface area contributed by atoms with Gasteiger partial charge in [0.1, 0.15) is 11.5 Å². The van der Waals surface area contributed by atoms with E-state index >= 15 is 0 Å². The molecule has 35 heavy (non-hydrogen) atoms. The van der Waals surface area contributed by atoms with Gasteiger partial charge in [-0.3, -0.25) is 14.7 Å². The summed E-state index contributed by atoms with van der Waals surface area (Å²) < 4.78 is 0. The standard InChI is InChI=1S/C26H31N7O2/c1-14-21(25(34)27-11-12-33(3)4)15(2)29-23(14)26(35)31-24-17-8-6-5-7-16(17)22-18-13-28-32-19(18)9-10-20(22)30-24/h9-10,13,29H,5-8,11-12H2,1-4H3,(H,27,34)(H,28,32)(H,30,31,35). The lowest BCUT2D eigenvalue weighted by molar-refractivity contribution is 0.0950. The number of benzene rings is 1. The highest BCUT2D eigenvalue weighted by molar-refractivity contribution is 6.10. The third-order valence-electron chi connectivity index (χ3n) is 6.86. The largest absolute Gasteiger partial charge is 0.354 e. The van der Waals surface area contributed by atoms with Gasteiger partial charge in [0.15, 0.2) is 0 Å². The van der Waals surface area contributed by atoms with E-state index in [2.05, 4.69) is 25.8 Å². The summed E-state index contributed by atoms with van der Waals surface area (Å²) in [6.45, 7) is 4.90. The van der Waals surface area contributed by atoms with Crippen molar-refractivity contribution >= 4 is 39.4 Å². The van der Waals surface area contributed by atoms with E-state index in [1.165, 1.54) is 5.56 Å². The number of nitrogens with one attached hydrogen (secondary N) is 4. The highest BCUT2D eigenvalue weighted by atomic mass is 16.2. The van der Waals surface area contributed by atoms with Gasteiger partial charge in [0, 0.05) is 29.6 Å². The zero-order chi connectivity index (χ0) is 24.7. The maximum absolute atomic E-state index is 13.4. The smallest absolute Gasteiger partial charge is 0.273 e. The van der Waals surface area contributed by atoms with Crippen LogP contribution in [0.15, 0.2) is 18.3 Å². The van der Waals surface area contributed by atoms with Gasteiger partial charge in [-0.15, -0.1) is 0 Å². The van der Waals surface area contributed by atoms with Crippen molar-refractivity contribution < 1.29 is 9.59 Å². The molecule has 0 radical (unpaired) electrons. The quantitative estimate of drug-likeness (QED) is 0.342. The number of aryl methyl sites for hydroxylation is 2. The Morgan fingerprint density at radius 1 is 1.09 bits per heavy atom. The van der Waals surface area contributed by atoms with Crippen LogP contribution in [0.5, 0.6) is 0 Å². The molecule has 1 aliphatic rings. The Morgan fingerprint density at radius 3 is 2.63 bits per heavy atom. The molecular formula is C26H31N7O2. The van der Waals surface area contributed by atoms with E-state index in [9.17, 15) is 9.59 Å². The SMILES string of the molecule is Cc1[nH]c(C(=O)Nc2nc3ccc4[nH]ncc4c3c3c2CCCC3)c(C)c1C(=O)NCCN(C)C. The van der Waals surface area contributed by atoms with Gasteiger partial charge in [0.25, 0.3) is 11.8 Å². The number of rotatable bonds is 6. The number of carbonyl (C=O) groups excluding carboxylic acids is 2. The minimum atomic E-state index is -0.290. The Hall–Kier alpha value is -3.72. The number of aromatic amines is 2.